The van der Waals surface area contributed by atoms with Crippen molar-refractivity contribution in [2.75, 3.05) is 4.90 Å². The average Bonchev–Trinajstić information content (AvgIpc) is 3.22. The minimum Gasteiger partial charge on any atom is -0.298 e. The normalized spacial score (nSPS) is 17.6. The lowest BCUT2D eigenvalue weighted by atomic mass is 9.90. The van der Waals surface area contributed by atoms with Crippen LogP contribution in [0, 0.1) is 0 Å². The first kappa shape index (κ1) is 18.5. The van der Waals surface area contributed by atoms with Gasteiger partial charge in [0.25, 0.3) is 0 Å². The number of hydrogen-bond acceptors (Lipinski definition) is 4. The number of para-hydroxylation sites is 1. The van der Waals surface area contributed by atoms with E-state index in [2.05, 4.69) is 76.6 Å². The molecule has 0 fully saturated rings. The second-order valence-corrected chi connectivity index (χ2v) is 8.85. The number of aryl methyl sites for hydroxylation is 2. The largest absolute Gasteiger partial charge is 0.298 e. The lowest BCUT2D eigenvalue weighted by molar-refractivity contribution is 0.906. The van der Waals surface area contributed by atoms with Gasteiger partial charge in [0.1, 0.15) is 5.84 Å². The maximum absolute atomic E-state index is 4.87. The summed E-state index contributed by atoms with van der Waals surface area (Å²) in [5, 5.41) is 0. The van der Waals surface area contributed by atoms with E-state index in [0.717, 1.165) is 42.2 Å². The first-order valence-electron chi connectivity index (χ1n) is 11.5. The standard InChI is InChI=1S/C29H22N4/c1-2-7-23(8-3-1)33-26-13-12-20(17-25(26)24-9-5-15-31-29(24)33)22-16-21-11-10-19-6-4-14-30-27(19)28(21)32-18-22/h1-8,12-18,24H,9-11H2/t24-/m1/s1. The number of rotatable bonds is 2. The summed E-state index contributed by atoms with van der Waals surface area (Å²) in [6, 6.07) is 23.8. The minimum atomic E-state index is 0.284. The molecule has 7 rings (SSSR count). The third-order valence-corrected chi connectivity index (χ3v) is 6.96. The van der Waals surface area contributed by atoms with Crippen LogP contribution in [-0.4, -0.2) is 15.8 Å². The zero-order chi connectivity index (χ0) is 21.8. The summed E-state index contributed by atoms with van der Waals surface area (Å²) < 4.78 is 0. The second kappa shape index (κ2) is 7.24. The maximum atomic E-state index is 4.87. The summed E-state index contributed by atoms with van der Waals surface area (Å²) in [6.07, 6.45) is 11.0. The topological polar surface area (TPSA) is 41.4 Å². The highest BCUT2D eigenvalue weighted by molar-refractivity contribution is 6.14. The van der Waals surface area contributed by atoms with Gasteiger partial charge in [-0.1, -0.05) is 36.4 Å². The molecule has 158 valence electrons. The number of aromatic nitrogens is 2. The van der Waals surface area contributed by atoms with E-state index < -0.39 is 0 Å². The Morgan fingerprint density at radius 3 is 2.61 bits per heavy atom. The van der Waals surface area contributed by atoms with Crippen molar-refractivity contribution in [1.82, 2.24) is 9.97 Å². The predicted octanol–water partition coefficient (Wildman–Crippen LogP) is 6.46. The van der Waals surface area contributed by atoms with Gasteiger partial charge in [0.05, 0.1) is 17.1 Å². The van der Waals surface area contributed by atoms with E-state index in [-0.39, 0.29) is 5.92 Å². The van der Waals surface area contributed by atoms with Crippen molar-refractivity contribution in [3.8, 4) is 22.5 Å². The molecule has 1 aliphatic carbocycles. The van der Waals surface area contributed by atoms with Gasteiger partial charge in [0, 0.05) is 35.8 Å². The van der Waals surface area contributed by atoms with E-state index >= 15 is 0 Å². The van der Waals surface area contributed by atoms with Gasteiger partial charge in [-0.2, -0.15) is 0 Å². The third kappa shape index (κ3) is 2.87. The van der Waals surface area contributed by atoms with Crippen molar-refractivity contribution in [2.24, 2.45) is 4.99 Å². The van der Waals surface area contributed by atoms with Gasteiger partial charge in [0.2, 0.25) is 0 Å². The number of pyridine rings is 2. The fourth-order valence-corrected chi connectivity index (χ4v) is 5.38. The second-order valence-electron chi connectivity index (χ2n) is 8.85. The number of amidine groups is 1. The molecule has 0 unspecified atom stereocenters. The molecule has 0 radical (unpaired) electrons. The lowest BCUT2D eigenvalue weighted by Crippen LogP contribution is -2.24. The van der Waals surface area contributed by atoms with Crippen molar-refractivity contribution in [1.29, 1.82) is 0 Å². The number of anilines is 2. The van der Waals surface area contributed by atoms with Crippen molar-refractivity contribution < 1.29 is 0 Å². The number of hydrogen-bond donors (Lipinski definition) is 0. The Kier molecular flexibility index (Phi) is 4.06. The molecule has 4 nitrogen and oxygen atoms in total. The molecule has 3 aliphatic rings. The van der Waals surface area contributed by atoms with E-state index in [0.29, 0.717) is 0 Å². The molecule has 33 heavy (non-hydrogen) atoms. The minimum absolute atomic E-state index is 0.284. The predicted molar refractivity (Wildman–Crippen MR) is 133 cm³/mol. The summed E-state index contributed by atoms with van der Waals surface area (Å²) in [5.41, 5.74) is 10.7. The highest BCUT2D eigenvalue weighted by Gasteiger charge is 2.36. The Morgan fingerprint density at radius 2 is 1.67 bits per heavy atom. The van der Waals surface area contributed by atoms with Gasteiger partial charge in [-0.05, 0) is 77.9 Å². The van der Waals surface area contributed by atoms with Crippen LogP contribution in [0.15, 0.2) is 96.4 Å². The first-order valence-corrected chi connectivity index (χ1v) is 11.5. The van der Waals surface area contributed by atoms with Crippen LogP contribution >= 0.6 is 0 Å². The molecule has 4 heterocycles. The van der Waals surface area contributed by atoms with Crippen molar-refractivity contribution >= 4 is 17.2 Å². The van der Waals surface area contributed by atoms with Gasteiger partial charge < -0.3 is 0 Å². The molecule has 0 saturated heterocycles. The lowest BCUT2D eigenvalue weighted by Gasteiger charge is -2.22. The summed E-state index contributed by atoms with van der Waals surface area (Å²) in [4.78, 5) is 16.6. The van der Waals surface area contributed by atoms with Crippen molar-refractivity contribution in [2.45, 2.75) is 25.2 Å². The first-order chi connectivity index (χ1) is 16.4. The van der Waals surface area contributed by atoms with Crippen LogP contribution in [0.1, 0.15) is 29.0 Å². The Balaban J connectivity index is 1.32. The van der Waals surface area contributed by atoms with Crippen molar-refractivity contribution in [3.05, 3.63) is 108 Å². The summed E-state index contributed by atoms with van der Waals surface area (Å²) in [7, 11) is 0. The Morgan fingerprint density at radius 1 is 0.788 bits per heavy atom. The molecule has 1 atom stereocenters. The zero-order valence-corrected chi connectivity index (χ0v) is 18.1. The van der Waals surface area contributed by atoms with Crippen LogP contribution < -0.4 is 4.90 Å². The van der Waals surface area contributed by atoms with Gasteiger partial charge in [-0.25, -0.2) is 4.99 Å². The molecule has 4 aromatic rings. The number of nitrogens with zero attached hydrogens (tertiary/aromatic N) is 4. The monoisotopic (exact) mass is 426 g/mol. The molecule has 0 amide bonds. The van der Waals surface area contributed by atoms with Gasteiger partial charge in [0.15, 0.2) is 0 Å². The van der Waals surface area contributed by atoms with Gasteiger partial charge in [-0.15, -0.1) is 0 Å². The van der Waals surface area contributed by atoms with Gasteiger partial charge >= 0.3 is 0 Å². The summed E-state index contributed by atoms with van der Waals surface area (Å²) >= 11 is 0. The number of benzene rings is 2. The Bertz CT molecular complexity index is 1450. The van der Waals surface area contributed by atoms with Crippen LogP contribution in [0.25, 0.3) is 22.5 Å². The van der Waals surface area contributed by atoms with E-state index in [1.807, 2.05) is 24.7 Å². The molecule has 0 N–H and O–H groups in total. The molecule has 0 bridgehead atoms. The van der Waals surface area contributed by atoms with E-state index in [1.165, 1.54) is 33.5 Å². The fourth-order valence-electron chi connectivity index (χ4n) is 5.38. The molecule has 4 heteroatoms. The number of aliphatic imine (C=N–C) groups is 1. The smallest absolute Gasteiger partial charge is 0.121 e. The number of fused-ring (bicyclic) bond motifs is 6. The van der Waals surface area contributed by atoms with Gasteiger partial charge in [-0.3, -0.25) is 14.9 Å². The maximum Gasteiger partial charge on any atom is 0.121 e. The molecular formula is C29H22N4. The van der Waals surface area contributed by atoms with Crippen LogP contribution in [-0.2, 0) is 12.8 Å². The highest BCUT2D eigenvalue weighted by Crippen LogP contribution is 2.47. The van der Waals surface area contributed by atoms with Crippen LogP contribution in [0.2, 0.25) is 0 Å². The Hall–Kier alpha value is -4.05. The number of allylic oxidation sites excluding steroid dienone is 1. The quantitative estimate of drug-likeness (QED) is 0.369. The van der Waals surface area contributed by atoms with E-state index in [9.17, 15) is 0 Å². The van der Waals surface area contributed by atoms with Crippen LogP contribution in [0.4, 0.5) is 11.4 Å². The van der Waals surface area contributed by atoms with Crippen LogP contribution in [0.5, 0.6) is 0 Å². The van der Waals surface area contributed by atoms with Crippen molar-refractivity contribution in [3.63, 3.8) is 0 Å². The summed E-state index contributed by atoms with van der Waals surface area (Å²) in [5.74, 6) is 1.40. The molecule has 2 aromatic heterocycles. The average molecular weight is 427 g/mol. The summed E-state index contributed by atoms with van der Waals surface area (Å²) in [6.45, 7) is 0. The van der Waals surface area contributed by atoms with Crippen LogP contribution in [0.3, 0.4) is 0 Å². The van der Waals surface area contributed by atoms with E-state index in [1.54, 1.807) is 0 Å². The zero-order valence-electron chi connectivity index (χ0n) is 18.1. The fraction of sp³-hybridized carbons (Fsp3) is 0.138. The molecule has 2 aromatic carbocycles. The Labute approximate surface area is 193 Å². The molecule has 0 saturated carbocycles. The van der Waals surface area contributed by atoms with E-state index in [4.69, 9.17) is 9.98 Å². The third-order valence-electron chi connectivity index (χ3n) is 6.96. The molecule has 0 spiro atoms. The molecule has 2 aliphatic heterocycles. The SMILES string of the molecule is C1=CN=C2[C@H](C1)c1cc(-c3cnc4c(c3)CCc3cccnc3-4)ccc1N2c1ccccc1. The molecular weight excluding hydrogens is 404 g/mol. The highest BCUT2D eigenvalue weighted by atomic mass is 15.2.